The molecule has 0 saturated heterocycles. The van der Waals surface area contributed by atoms with Gasteiger partial charge in [0.15, 0.2) is 0 Å². The maximum Gasteiger partial charge on any atom is 0.267 e. The summed E-state index contributed by atoms with van der Waals surface area (Å²) in [4.78, 5) is 12.5. The molecule has 0 aromatic rings. The quantitative estimate of drug-likeness (QED) is 0.0338. The molecule has 0 heterocycles. The minimum atomic E-state index is -4.33. The molecule has 0 aromatic carbocycles. The molecule has 0 aliphatic heterocycles. The summed E-state index contributed by atoms with van der Waals surface area (Å²) >= 11 is 0. The van der Waals surface area contributed by atoms with Crippen LogP contribution in [0.3, 0.4) is 0 Å². The highest BCUT2D eigenvalue weighted by Gasteiger charge is 2.24. The minimum Gasteiger partial charge on any atom is -0.387 e. The van der Waals surface area contributed by atoms with Crippen LogP contribution in [0.15, 0.2) is 12.2 Å². The van der Waals surface area contributed by atoms with E-state index in [9.17, 15) is 22.9 Å². The Kier molecular flexibility index (Phi) is 35.2. The van der Waals surface area contributed by atoms with Gasteiger partial charge in [-0.2, -0.15) is 8.42 Å². The first-order chi connectivity index (χ1) is 23.3. The number of unbranched alkanes of at least 4 members (excludes halogenated alkanes) is 30. The van der Waals surface area contributed by atoms with Crippen LogP contribution in [0.5, 0.6) is 0 Å². The maximum absolute atomic E-state index is 12.5. The van der Waals surface area contributed by atoms with Crippen molar-refractivity contribution in [2.45, 2.75) is 238 Å². The largest absolute Gasteiger partial charge is 0.387 e. The first-order valence-corrected chi connectivity index (χ1v) is 22.5. The van der Waals surface area contributed by atoms with Crippen molar-refractivity contribution in [3.05, 3.63) is 12.2 Å². The van der Waals surface area contributed by atoms with E-state index in [1.807, 2.05) is 6.08 Å². The van der Waals surface area contributed by atoms with Crippen LogP contribution in [0.4, 0.5) is 0 Å². The molecular weight excluding hydrogens is 619 g/mol. The second-order valence-corrected chi connectivity index (χ2v) is 16.1. The summed E-state index contributed by atoms with van der Waals surface area (Å²) in [5, 5.41) is 13.2. The van der Waals surface area contributed by atoms with Gasteiger partial charge in [-0.15, -0.1) is 0 Å². The number of carbonyl (C=O) groups excluding carboxylic acids is 1. The molecule has 7 heteroatoms. The van der Waals surface area contributed by atoms with Crippen LogP contribution in [0.2, 0.25) is 0 Å². The fourth-order valence-electron chi connectivity index (χ4n) is 6.57. The van der Waals surface area contributed by atoms with Crippen molar-refractivity contribution in [3.63, 3.8) is 0 Å². The van der Waals surface area contributed by atoms with Crippen molar-refractivity contribution in [2.24, 2.45) is 0 Å². The lowest BCUT2D eigenvalue weighted by Crippen LogP contribution is -2.46. The highest BCUT2D eigenvalue weighted by Crippen LogP contribution is 2.16. The van der Waals surface area contributed by atoms with Crippen LogP contribution in [0.1, 0.15) is 226 Å². The Morgan fingerprint density at radius 2 is 0.854 bits per heavy atom. The predicted molar refractivity (Wildman–Crippen MR) is 207 cm³/mol. The smallest absolute Gasteiger partial charge is 0.267 e. The molecule has 3 N–H and O–H groups in total. The average Bonchev–Trinajstić information content (AvgIpc) is 3.05. The molecule has 0 fully saturated rings. The Labute approximate surface area is 299 Å². The summed E-state index contributed by atoms with van der Waals surface area (Å²) < 4.78 is 32.4. The van der Waals surface area contributed by atoms with Crippen LogP contribution < -0.4 is 5.32 Å². The minimum absolute atomic E-state index is 0.274. The van der Waals surface area contributed by atoms with Gasteiger partial charge in [-0.25, -0.2) is 0 Å². The fraction of sp³-hybridized carbons (Fsp3) is 0.927. The number of carbonyl (C=O) groups is 1. The van der Waals surface area contributed by atoms with E-state index in [4.69, 9.17) is 0 Å². The zero-order valence-electron chi connectivity index (χ0n) is 31.9. The summed E-state index contributed by atoms with van der Waals surface area (Å²) in [7, 11) is -4.33. The molecule has 2 atom stereocenters. The molecule has 0 aliphatic rings. The molecule has 1 amide bonds. The van der Waals surface area contributed by atoms with Crippen LogP contribution in [-0.2, 0) is 14.9 Å². The van der Waals surface area contributed by atoms with Crippen molar-refractivity contribution in [1.29, 1.82) is 0 Å². The van der Waals surface area contributed by atoms with Crippen LogP contribution in [0.25, 0.3) is 0 Å². The molecule has 286 valence electrons. The van der Waals surface area contributed by atoms with Crippen molar-refractivity contribution >= 4 is 16.0 Å². The Bertz CT molecular complexity index is 816. The molecule has 0 radical (unpaired) electrons. The topological polar surface area (TPSA) is 104 Å². The van der Waals surface area contributed by atoms with Crippen LogP contribution in [0, 0.1) is 0 Å². The van der Waals surface area contributed by atoms with E-state index in [1.54, 1.807) is 6.08 Å². The molecule has 0 spiro atoms. The Morgan fingerprint density at radius 1 is 0.542 bits per heavy atom. The third-order valence-electron chi connectivity index (χ3n) is 9.71. The summed E-state index contributed by atoms with van der Waals surface area (Å²) in [6.07, 6.45) is 43.5. The SMILES string of the molecule is CCCCCCCCCCCC/C=C/C(O)C(CS(=O)(=O)O)NC(=O)CCCCCCCCCCCCCCCCCCCCCCC. The molecule has 6 nitrogen and oxygen atoms in total. The van der Waals surface area contributed by atoms with Gasteiger partial charge in [0.1, 0.15) is 0 Å². The van der Waals surface area contributed by atoms with E-state index in [-0.39, 0.29) is 5.91 Å². The van der Waals surface area contributed by atoms with Gasteiger partial charge in [0.25, 0.3) is 10.1 Å². The van der Waals surface area contributed by atoms with E-state index in [0.29, 0.717) is 6.42 Å². The van der Waals surface area contributed by atoms with Gasteiger partial charge in [0.05, 0.1) is 17.9 Å². The average molecular weight is 700 g/mol. The van der Waals surface area contributed by atoms with Gasteiger partial charge >= 0.3 is 0 Å². The lowest BCUT2D eigenvalue weighted by molar-refractivity contribution is -0.122. The van der Waals surface area contributed by atoms with Crippen molar-refractivity contribution in [1.82, 2.24) is 5.32 Å². The Morgan fingerprint density at radius 3 is 1.19 bits per heavy atom. The summed E-state index contributed by atoms with van der Waals surface area (Å²) in [6.45, 7) is 4.52. The number of rotatable bonds is 38. The summed E-state index contributed by atoms with van der Waals surface area (Å²) in [5.41, 5.74) is 0. The zero-order valence-corrected chi connectivity index (χ0v) is 32.7. The molecule has 0 bridgehead atoms. The third kappa shape index (κ3) is 36.4. The number of allylic oxidation sites excluding steroid dienone is 1. The van der Waals surface area contributed by atoms with Gasteiger partial charge in [0.2, 0.25) is 5.91 Å². The van der Waals surface area contributed by atoms with E-state index in [2.05, 4.69) is 19.2 Å². The number of aliphatic hydroxyl groups is 1. The number of hydrogen-bond acceptors (Lipinski definition) is 4. The van der Waals surface area contributed by atoms with E-state index in [0.717, 1.165) is 38.5 Å². The maximum atomic E-state index is 12.5. The number of aliphatic hydroxyl groups excluding tert-OH is 1. The van der Waals surface area contributed by atoms with Crippen molar-refractivity contribution in [2.75, 3.05) is 5.75 Å². The van der Waals surface area contributed by atoms with Gasteiger partial charge in [-0.3, -0.25) is 9.35 Å². The Hall–Kier alpha value is -0.920. The first-order valence-electron chi connectivity index (χ1n) is 20.9. The highest BCUT2D eigenvalue weighted by atomic mass is 32.2. The lowest BCUT2D eigenvalue weighted by atomic mass is 10.0. The van der Waals surface area contributed by atoms with Crippen LogP contribution in [-0.4, -0.2) is 41.9 Å². The molecule has 0 aliphatic carbocycles. The van der Waals surface area contributed by atoms with E-state index >= 15 is 0 Å². The fourth-order valence-corrected chi connectivity index (χ4v) is 7.30. The zero-order chi connectivity index (χ0) is 35.4. The highest BCUT2D eigenvalue weighted by molar-refractivity contribution is 7.85. The standard InChI is InChI=1S/C41H81NO5S/c1-3-5-7-9-11-13-15-17-18-19-20-21-22-23-24-25-27-29-31-33-35-37-41(44)42-39(38-48(45,46)47)40(43)36-34-32-30-28-26-16-14-12-10-8-6-4-2/h34,36,39-40,43H,3-33,35,37-38H2,1-2H3,(H,42,44)(H,45,46,47)/b36-34+. The molecule has 0 saturated carbocycles. The second kappa shape index (κ2) is 35.9. The number of nitrogens with one attached hydrogen (secondary N) is 1. The summed E-state index contributed by atoms with van der Waals surface area (Å²) in [5.74, 6) is -0.967. The Balaban J connectivity index is 3.80. The normalized spacial score (nSPS) is 13.3. The van der Waals surface area contributed by atoms with Gasteiger partial charge in [0, 0.05) is 6.42 Å². The monoisotopic (exact) mass is 700 g/mol. The van der Waals surface area contributed by atoms with Gasteiger partial charge in [-0.1, -0.05) is 212 Å². The van der Waals surface area contributed by atoms with Gasteiger partial charge in [-0.05, 0) is 19.3 Å². The van der Waals surface area contributed by atoms with Crippen molar-refractivity contribution in [3.8, 4) is 0 Å². The summed E-state index contributed by atoms with van der Waals surface area (Å²) in [6, 6.07) is -1.05. The third-order valence-corrected chi connectivity index (χ3v) is 10.5. The van der Waals surface area contributed by atoms with E-state index < -0.39 is 28.0 Å². The van der Waals surface area contributed by atoms with Crippen LogP contribution >= 0.6 is 0 Å². The number of amides is 1. The molecular formula is C41H81NO5S. The van der Waals surface area contributed by atoms with Crippen molar-refractivity contribution < 1.29 is 22.9 Å². The first kappa shape index (κ1) is 47.1. The molecule has 0 rings (SSSR count). The molecule has 2 unspecified atom stereocenters. The molecule has 48 heavy (non-hydrogen) atoms. The number of hydrogen-bond donors (Lipinski definition) is 3. The molecule has 0 aromatic heterocycles. The second-order valence-electron chi connectivity index (χ2n) is 14.6. The predicted octanol–water partition coefficient (Wildman–Crippen LogP) is 12.2. The van der Waals surface area contributed by atoms with E-state index in [1.165, 1.54) is 167 Å². The lowest BCUT2D eigenvalue weighted by Gasteiger charge is -2.21. The van der Waals surface area contributed by atoms with Gasteiger partial charge < -0.3 is 10.4 Å².